The van der Waals surface area contributed by atoms with Gasteiger partial charge in [0.25, 0.3) is 36.8 Å². The van der Waals surface area contributed by atoms with E-state index < -0.39 is 71.6 Å². The lowest BCUT2D eigenvalue weighted by Crippen LogP contribution is -2.41. The van der Waals surface area contributed by atoms with Crippen LogP contribution in [-0.4, -0.2) is 154 Å². The number of nitrogens with one attached hydrogen (secondary N) is 2. The summed E-state index contributed by atoms with van der Waals surface area (Å²) in [4.78, 5) is 57.1. The molecule has 6 aliphatic rings. The number of primary amides is 2. The molecular formula is C78H94BrClF9N15O10S2. The summed E-state index contributed by atoms with van der Waals surface area (Å²) in [6.45, 7) is 21.2. The van der Waals surface area contributed by atoms with Crippen LogP contribution in [0.2, 0.25) is 0 Å². The van der Waals surface area contributed by atoms with Gasteiger partial charge in [0.2, 0.25) is 17.6 Å². The molecule has 3 aliphatic heterocycles. The van der Waals surface area contributed by atoms with Gasteiger partial charge in [0.05, 0.1) is 68.7 Å². The van der Waals surface area contributed by atoms with Gasteiger partial charge >= 0.3 is 18.5 Å². The molecule has 8 aromatic rings. The summed E-state index contributed by atoms with van der Waals surface area (Å²) < 4.78 is 185. The molecule has 3 saturated carbocycles. The second kappa shape index (κ2) is 34.8. The number of aromatic nitrogens is 9. The Morgan fingerprint density at radius 2 is 0.879 bits per heavy atom. The van der Waals surface area contributed by atoms with E-state index in [0.29, 0.717) is 70.4 Å². The molecule has 3 saturated heterocycles. The third-order valence-electron chi connectivity index (χ3n) is 21.6. The van der Waals surface area contributed by atoms with Crippen molar-refractivity contribution in [2.45, 2.75) is 184 Å². The maximum atomic E-state index is 13.4. The third-order valence-corrected chi connectivity index (χ3v) is 24.7. The Kier molecular flexibility index (Phi) is 26.7. The first-order chi connectivity index (χ1) is 54.1. The first kappa shape index (κ1) is 89.1. The molecule has 0 bridgehead atoms. The van der Waals surface area contributed by atoms with Gasteiger partial charge in [0.15, 0.2) is 11.6 Å². The van der Waals surface area contributed by atoms with E-state index in [0.717, 1.165) is 37.0 Å². The Balaban J connectivity index is 0.000000166. The van der Waals surface area contributed by atoms with E-state index in [4.69, 9.17) is 41.3 Å². The zero-order valence-corrected chi connectivity index (χ0v) is 69.3. The van der Waals surface area contributed by atoms with Crippen molar-refractivity contribution in [3.63, 3.8) is 0 Å². The Morgan fingerprint density at radius 1 is 0.517 bits per heavy atom. The summed E-state index contributed by atoms with van der Waals surface area (Å²) in [5.41, 5.74) is 6.64. The number of nitrogens with zero attached hydrogens (tertiary/aromatic N) is 11. The minimum atomic E-state index is -4.24. The van der Waals surface area contributed by atoms with E-state index >= 15 is 0 Å². The van der Waals surface area contributed by atoms with E-state index in [1.54, 1.807) is 85.2 Å². The number of pyridine rings is 3. The Hall–Kier alpha value is -9.23. The van der Waals surface area contributed by atoms with Crippen LogP contribution in [0, 0.1) is 34.0 Å². The number of benzene rings is 2. The summed E-state index contributed by atoms with van der Waals surface area (Å²) in [5, 5.41) is 14.8. The Morgan fingerprint density at radius 3 is 1.22 bits per heavy atom. The van der Waals surface area contributed by atoms with Gasteiger partial charge in [-0.2, -0.15) is 44.6 Å². The fourth-order valence-corrected chi connectivity index (χ4v) is 17.0. The summed E-state index contributed by atoms with van der Waals surface area (Å²) in [6, 6.07) is 29.9. The number of hydrogen-bond donors (Lipinski definition) is 4. The molecule has 6 fully saturated rings. The number of aromatic amines is 1. The van der Waals surface area contributed by atoms with Crippen LogP contribution in [0.3, 0.4) is 0 Å². The number of carbonyl (C=O) groups excluding carboxylic acids is 3. The van der Waals surface area contributed by atoms with Gasteiger partial charge in [0.1, 0.15) is 22.1 Å². The molecule has 0 spiro atoms. The molecule has 14 rings (SSSR count). The lowest BCUT2D eigenvalue weighted by molar-refractivity contribution is -0.190. The molecule has 38 heteroatoms. The molecule has 6 aromatic heterocycles. The zero-order chi connectivity index (χ0) is 85.0. The molecule has 630 valence electrons. The predicted molar refractivity (Wildman–Crippen MR) is 420 cm³/mol. The van der Waals surface area contributed by atoms with Crippen molar-refractivity contribution in [3.05, 3.63) is 155 Å². The summed E-state index contributed by atoms with van der Waals surface area (Å²) in [7, 11) is -2.62. The van der Waals surface area contributed by atoms with E-state index in [1.807, 2.05) is 18.7 Å². The monoisotopic (exact) mass is 1750 g/mol. The summed E-state index contributed by atoms with van der Waals surface area (Å²) >= 11 is 3.36. The van der Waals surface area contributed by atoms with Crippen molar-refractivity contribution in [3.8, 4) is 29.3 Å². The molecule has 2 aromatic carbocycles. The minimum Gasteiger partial charge on any atom is -0.478 e. The highest BCUT2D eigenvalue weighted by Gasteiger charge is 2.64. The quantitative estimate of drug-likeness (QED) is 0.0263. The van der Waals surface area contributed by atoms with E-state index in [-0.39, 0.29) is 121 Å². The number of ether oxygens (including phenoxy) is 3. The first-order valence-electron chi connectivity index (χ1n) is 37.5. The zero-order valence-electron chi connectivity index (χ0n) is 65.3. The van der Waals surface area contributed by atoms with Crippen LogP contribution >= 0.6 is 26.6 Å². The number of sulfonamides is 1. The molecule has 25 nitrogen and oxygen atoms in total. The number of rotatable bonds is 23. The highest BCUT2D eigenvalue weighted by atomic mass is 79.9. The van der Waals surface area contributed by atoms with Crippen LogP contribution in [0.4, 0.5) is 57.0 Å². The van der Waals surface area contributed by atoms with E-state index in [1.165, 1.54) is 58.0 Å². The van der Waals surface area contributed by atoms with Gasteiger partial charge in [-0.15, -0.1) is 10.2 Å². The summed E-state index contributed by atoms with van der Waals surface area (Å²) in [6.07, 6.45) is -4.20. The van der Waals surface area contributed by atoms with Gasteiger partial charge in [-0.25, -0.2) is 51.0 Å². The van der Waals surface area contributed by atoms with Gasteiger partial charge in [0, 0.05) is 77.5 Å². The number of hydrogen-bond acceptors (Lipinski definition) is 19. The van der Waals surface area contributed by atoms with Crippen molar-refractivity contribution >= 4 is 80.9 Å². The van der Waals surface area contributed by atoms with Gasteiger partial charge < -0.3 is 40.4 Å². The van der Waals surface area contributed by atoms with Crippen LogP contribution in [0.25, 0.3) is 11.6 Å². The fourth-order valence-electron chi connectivity index (χ4n) is 14.9. The lowest BCUT2D eigenvalue weighted by Gasteiger charge is -2.34. The molecule has 3 atom stereocenters. The van der Waals surface area contributed by atoms with Gasteiger partial charge in [-0.1, -0.05) is 57.2 Å². The maximum absolute atomic E-state index is 13.4. The average Bonchev–Trinajstić information content (AvgIpc) is 1.66. The smallest absolute Gasteiger partial charge is 0.394 e. The maximum Gasteiger partial charge on any atom is 0.394 e. The number of nitrogens with two attached hydrogens (primary N) is 2. The SMILES string of the molecule is C[C@@H]1CN(c2nc(-n3ccc(OCCC4(C(F)(F)F)CC4)n3)ccc2C(=O)NS(=O)(=O)c2ccccc2)C(C)(C)C1.C[C@@H]1CN(c2nc(-n3ccc(OCCC4(C(F)(F)F)CC4)n3)ccc2C(N)=O)C(C)(C)C1.C[C@@H]1CN(c2nc(Br)ccc2C(N)=O)C(C)(C)C1.FC(F)(F)C1(CCOc2ccn[nH]2)CC1.O=S(=O)(Cl)c1ccccc1. The van der Waals surface area contributed by atoms with Gasteiger partial charge in [-0.3, -0.25) is 14.4 Å². The minimum absolute atomic E-state index is 0.00257. The molecule has 0 radical (unpaired) electrons. The third kappa shape index (κ3) is 21.7. The normalized spacial score (nSPS) is 19.8. The molecule has 9 heterocycles. The highest BCUT2D eigenvalue weighted by molar-refractivity contribution is 9.10. The molecule has 3 amide bonds. The second-order valence-electron chi connectivity index (χ2n) is 32.3. The fraction of sp³-hybridized carbons (Fsp3) is 0.500. The number of halogens is 11. The number of anilines is 3. The Labute approximate surface area is 679 Å². The topological polar surface area (TPSA) is 324 Å². The molecule has 0 unspecified atom stereocenters. The standard InChI is InChI=1S/C28H32F3N5O4S.C22H28F3N5O2.C13H18BrN3O.C9H11F3N2O.C6H5ClO2S/c1-19-17-26(2,3)35(18-19)24-21(25(37)34-41(38,39)20-7-5-4-6-8-20)9-10-22(32-24)36-15-11-23(33-36)40-16-14-27(12-13-27)28(29,30)31;1-14-12-20(2,3)29(13-14)19-15(18(26)31)4-5-16(27-19)30-10-6-17(28-30)32-11-9-21(7-8-21)22(23,24)25;1-8-6-13(2,3)17(7-8)12-9(11(15)18)4-5-10(14)16-12;10-9(11,12)8(2-3-8)4-6-15-7-1-5-13-14-7;7-10(8,9)6-4-2-1-3-5-6/h4-11,15,19H,12-14,16-18H2,1-3H3,(H,34,37);4-6,10,14H,7-9,11-13H2,1-3H3,(H2,26,31);4-5,8H,6-7H2,1-3H3,(H2,15,18);1,5H,2-4,6H2,(H,13,14);1-5H/t19-;14-;8-;;/m000../s1. The number of alkyl halides is 9. The largest absolute Gasteiger partial charge is 0.478 e. The average molecular weight is 1750 g/mol. The van der Waals surface area contributed by atoms with Crippen molar-refractivity contribution in [2.75, 3.05) is 54.2 Å². The molecular weight excluding hydrogens is 1660 g/mol. The van der Waals surface area contributed by atoms with Crippen LogP contribution < -0.4 is 45.1 Å². The number of H-pyrrole nitrogens is 1. The van der Waals surface area contributed by atoms with Crippen LogP contribution in [0.1, 0.15) is 170 Å². The van der Waals surface area contributed by atoms with Crippen LogP contribution in [0.5, 0.6) is 17.6 Å². The number of carbonyl (C=O) groups is 3. The van der Waals surface area contributed by atoms with Crippen molar-refractivity contribution in [2.24, 2.45) is 45.5 Å². The summed E-state index contributed by atoms with van der Waals surface area (Å²) in [5.74, 6) is 2.59. The highest BCUT2D eigenvalue weighted by Crippen LogP contribution is 2.62. The number of amides is 3. The van der Waals surface area contributed by atoms with Crippen molar-refractivity contribution < 1.29 is 84.9 Å². The van der Waals surface area contributed by atoms with E-state index in [2.05, 4.69) is 109 Å². The first-order valence-corrected chi connectivity index (χ1v) is 42.1. The van der Waals surface area contributed by atoms with Gasteiger partial charge in [-0.05, 0) is 213 Å². The molecule has 3 aliphatic carbocycles. The van der Waals surface area contributed by atoms with Crippen LogP contribution in [0.15, 0.2) is 148 Å². The van der Waals surface area contributed by atoms with Crippen molar-refractivity contribution in [1.82, 2.24) is 49.4 Å². The molecule has 116 heavy (non-hydrogen) atoms. The van der Waals surface area contributed by atoms with Crippen LogP contribution in [-0.2, 0) is 19.1 Å². The second-order valence-corrected chi connectivity index (χ2v) is 37.3. The predicted octanol–water partition coefficient (Wildman–Crippen LogP) is 15.9. The van der Waals surface area contributed by atoms with E-state index in [9.17, 15) is 70.7 Å². The molecule has 6 N–H and O–H groups in total. The van der Waals surface area contributed by atoms with Crippen molar-refractivity contribution in [1.29, 1.82) is 0 Å². The lowest BCUT2D eigenvalue weighted by atomic mass is 9.97. The Bertz CT molecular complexity index is 4990.